The van der Waals surface area contributed by atoms with Gasteiger partial charge in [-0.15, -0.1) is 0 Å². The standard InChI is InChI=1S/C25H18FN3O3/c26-17-12-7-13-18(14-17)29-24(31)20-21(27-28-22(20)25(29)32)23(30)19(15-8-3-1-4-9-15)16-10-5-2-6-11-16/h1-14,19-20,22,28H/t20-,22+/m1/s1. The Hall–Kier alpha value is -4.13. The SMILES string of the molecule is O=C(C1=NN[C@@H]2C(=O)N(c3cccc(F)c3)C(=O)[C@H]12)C(c1ccccc1)c1ccccc1. The monoisotopic (exact) mass is 427 g/mol. The highest BCUT2D eigenvalue weighted by Crippen LogP contribution is 2.34. The molecule has 0 bridgehead atoms. The van der Waals surface area contributed by atoms with Gasteiger partial charge in [-0.25, -0.2) is 9.29 Å². The summed E-state index contributed by atoms with van der Waals surface area (Å²) in [6.45, 7) is 0. The molecular formula is C25H18FN3O3. The lowest BCUT2D eigenvalue weighted by atomic mass is 9.82. The van der Waals surface area contributed by atoms with Gasteiger partial charge in [0.15, 0.2) is 5.78 Å². The first-order chi connectivity index (χ1) is 15.6. The molecule has 2 aliphatic heterocycles. The van der Waals surface area contributed by atoms with E-state index in [2.05, 4.69) is 10.5 Å². The Morgan fingerprint density at radius 2 is 1.50 bits per heavy atom. The molecule has 7 heteroatoms. The maximum absolute atomic E-state index is 13.7. The quantitative estimate of drug-likeness (QED) is 0.635. The summed E-state index contributed by atoms with van der Waals surface area (Å²) in [5.74, 6) is -3.82. The normalized spacial score (nSPS) is 19.7. The van der Waals surface area contributed by atoms with Crippen molar-refractivity contribution in [1.29, 1.82) is 0 Å². The van der Waals surface area contributed by atoms with Crippen LogP contribution in [0.25, 0.3) is 0 Å². The number of nitrogens with zero attached hydrogens (tertiary/aromatic N) is 2. The van der Waals surface area contributed by atoms with Gasteiger partial charge >= 0.3 is 0 Å². The molecule has 2 amide bonds. The Balaban J connectivity index is 1.52. The van der Waals surface area contributed by atoms with Crippen molar-refractivity contribution in [2.75, 3.05) is 4.90 Å². The predicted molar refractivity (Wildman–Crippen MR) is 116 cm³/mol. The minimum Gasteiger partial charge on any atom is -0.296 e. The number of carbonyl (C=O) groups is 3. The number of anilines is 1. The zero-order valence-corrected chi connectivity index (χ0v) is 16.8. The lowest BCUT2D eigenvalue weighted by molar-refractivity contribution is -0.122. The van der Waals surface area contributed by atoms with Crippen LogP contribution in [0.3, 0.4) is 0 Å². The van der Waals surface area contributed by atoms with Crippen molar-refractivity contribution in [1.82, 2.24) is 5.43 Å². The van der Waals surface area contributed by atoms with Crippen molar-refractivity contribution in [3.63, 3.8) is 0 Å². The molecule has 6 nitrogen and oxygen atoms in total. The molecule has 1 saturated heterocycles. The number of fused-ring (bicyclic) bond motifs is 1. The zero-order valence-electron chi connectivity index (χ0n) is 16.8. The van der Waals surface area contributed by atoms with Crippen molar-refractivity contribution in [3.05, 3.63) is 102 Å². The summed E-state index contributed by atoms with van der Waals surface area (Å²) in [4.78, 5) is 40.8. The summed E-state index contributed by atoms with van der Waals surface area (Å²) in [5, 5.41) is 4.11. The van der Waals surface area contributed by atoms with Gasteiger partial charge in [-0.05, 0) is 29.3 Å². The molecule has 5 rings (SSSR count). The van der Waals surface area contributed by atoms with Crippen LogP contribution in [0.15, 0.2) is 90.0 Å². The lowest BCUT2D eigenvalue weighted by Crippen LogP contribution is -2.36. The fourth-order valence-electron chi connectivity index (χ4n) is 4.30. The second kappa shape index (κ2) is 7.85. The van der Waals surface area contributed by atoms with E-state index in [1.165, 1.54) is 18.2 Å². The van der Waals surface area contributed by atoms with E-state index in [-0.39, 0.29) is 17.2 Å². The number of amides is 2. The van der Waals surface area contributed by atoms with Crippen LogP contribution in [0.1, 0.15) is 17.0 Å². The molecule has 1 N–H and O–H groups in total. The predicted octanol–water partition coefficient (Wildman–Crippen LogP) is 3.04. The number of halogens is 1. The number of imide groups is 1. The first-order valence-corrected chi connectivity index (χ1v) is 10.2. The van der Waals surface area contributed by atoms with Gasteiger partial charge in [0.1, 0.15) is 23.5 Å². The number of hydrazone groups is 1. The fraction of sp³-hybridized carbons (Fsp3) is 0.120. The van der Waals surface area contributed by atoms with E-state index < -0.39 is 35.5 Å². The van der Waals surface area contributed by atoms with Crippen LogP contribution in [0.5, 0.6) is 0 Å². The van der Waals surface area contributed by atoms with Crippen molar-refractivity contribution in [3.8, 4) is 0 Å². The van der Waals surface area contributed by atoms with Crippen LogP contribution in [0.2, 0.25) is 0 Å². The Labute approximate surface area is 183 Å². The van der Waals surface area contributed by atoms with Gasteiger partial charge in [-0.2, -0.15) is 5.10 Å². The van der Waals surface area contributed by atoms with Crippen molar-refractivity contribution < 1.29 is 18.8 Å². The molecule has 2 heterocycles. The van der Waals surface area contributed by atoms with Gasteiger partial charge in [0.2, 0.25) is 5.91 Å². The third kappa shape index (κ3) is 3.19. The van der Waals surface area contributed by atoms with Crippen LogP contribution < -0.4 is 10.3 Å². The number of carbonyl (C=O) groups excluding carboxylic acids is 3. The van der Waals surface area contributed by atoms with E-state index in [1.54, 1.807) is 0 Å². The van der Waals surface area contributed by atoms with Gasteiger partial charge in [0, 0.05) is 0 Å². The molecule has 1 fully saturated rings. The minimum absolute atomic E-state index is 0.00459. The molecular weight excluding hydrogens is 409 g/mol. The number of hydrogen-bond acceptors (Lipinski definition) is 5. The average molecular weight is 427 g/mol. The van der Waals surface area contributed by atoms with Gasteiger partial charge in [-0.1, -0.05) is 66.7 Å². The highest BCUT2D eigenvalue weighted by molar-refractivity contribution is 6.50. The topological polar surface area (TPSA) is 78.8 Å². The molecule has 158 valence electrons. The first kappa shape index (κ1) is 19.8. The summed E-state index contributed by atoms with van der Waals surface area (Å²) in [6.07, 6.45) is 0. The maximum atomic E-state index is 13.7. The zero-order chi connectivity index (χ0) is 22.2. The molecule has 32 heavy (non-hydrogen) atoms. The first-order valence-electron chi connectivity index (χ1n) is 10.2. The van der Waals surface area contributed by atoms with E-state index in [0.29, 0.717) is 0 Å². The molecule has 0 radical (unpaired) electrons. The highest BCUT2D eigenvalue weighted by atomic mass is 19.1. The number of ketones is 1. The second-order valence-corrected chi connectivity index (χ2v) is 7.69. The van der Waals surface area contributed by atoms with Crippen molar-refractivity contribution in [2.24, 2.45) is 11.0 Å². The molecule has 3 aromatic rings. The van der Waals surface area contributed by atoms with Gasteiger partial charge in [0.05, 0.1) is 11.6 Å². The number of rotatable bonds is 5. The fourth-order valence-corrected chi connectivity index (χ4v) is 4.30. The van der Waals surface area contributed by atoms with Crippen LogP contribution >= 0.6 is 0 Å². The summed E-state index contributed by atoms with van der Waals surface area (Å²) >= 11 is 0. The Bertz CT molecular complexity index is 1200. The number of benzene rings is 3. The van der Waals surface area contributed by atoms with Crippen molar-refractivity contribution >= 4 is 29.0 Å². The summed E-state index contributed by atoms with van der Waals surface area (Å²) in [5.41, 5.74) is 4.31. The highest BCUT2D eigenvalue weighted by Gasteiger charge is 2.56. The molecule has 3 aromatic carbocycles. The maximum Gasteiger partial charge on any atom is 0.259 e. The van der Waals surface area contributed by atoms with E-state index in [0.717, 1.165) is 22.1 Å². The summed E-state index contributed by atoms with van der Waals surface area (Å²) in [6, 6.07) is 22.7. The van der Waals surface area contributed by atoms with Gasteiger partial charge in [0.25, 0.3) is 5.91 Å². The largest absolute Gasteiger partial charge is 0.296 e. The molecule has 0 unspecified atom stereocenters. The Morgan fingerprint density at radius 3 is 2.09 bits per heavy atom. The van der Waals surface area contributed by atoms with E-state index >= 15 is 0 Å². The van der Waals surface area contributed by atoms with Crippen LogP contribution in [-0.4, -0.2) is 29.4 Å². The van der Waals surface area contributed by atoms with Crippen LogP contribution in [-0.2, 0) is 14.4 Å². The molecule has 0 saturated carbocycles. The second-order valence-electron chi connectivity index (χ2n) is 7.69. The molecule has 0 aliphatic carbocycles. The van der Waals surface area contributed by atoms with E-state index in [4.69, 9.17) is 0 Å². The third-order valence-corrected chi connectivity index (χ3v) is 5.77. The number of nitrogens with one attached hydrogen (secondary N) is 1. The minimum atomic E-state index is -1.06. The molecule has 0 spiro atoms. The van der Waals surface area contributed by atoms with Crippen LogP contribution in [0.4, 0.5) is 10.1 Å². The van der Waals surface area contributed by atoms with Gasteiger partial charge < -0.3 is 0 Å². The molecule has 2 atom stereocenters. The average Bonchev–Trinajstić information content (AvgIpc) is 3.35. The number of hydrogen-bond donors (Lipinski definition) is 1. The van der Waals surface area contributed by atoms with Crippen LogP contribution in [0, 0.1) is 11.7 Å². The molecule has 0 aromatic heterocycles. The molecule has 2 aliphatic rings. The lowest BCUT2D eigenvalue weighted by Gasteiger charge is -2.19. The Kier molecular flexibility index (Phi) is 4.86. The smallest absolute Gasteiger partial charge is 0.259 e. The summed E-state index contributed by atoms with van der Waals surface area (Å²) in [7, 11) is 0. The number of Topliss-reactive ketones (excluding diaryl/α,β-unsaturated/α-hetero) is 1. The van der Waals surface area contributed by atoms with E-state index in [1.807, 2.05) is 60.7 Å². The third-order valence-electron chi connectivity index (χ3n) is 5.77. The van der Waals surface area contributed by atoms with Crippen molar-refractivity contribution in [2.45, 2.75) is 12.0 Å². The Morgan fingerprint density at radius 1 is 0.875 bits per heavy atom. The van der Waals surface area contributed by atoms with E-state index in [9.17, 15) is 18.8 Å². The summed E-state index contributed by atoms with van der Waals surface area (Å²) < 4.78 is 13.7. The van der Waals surface area contributed by atoms with Gasteiger partial charge in [-0.3, -0.25) is 19.8 Å².